The van der Waals surface area contributed by atoms with E-state index in [-0.39, 0.29) is 5.91 Å². The molecule has 0 bridgehead atoms. The van der Waals surface area contributed by atoms with Crippen LogP contribution in [0.1, 0.15) is 34.6 Å². The number of carbonyl (C=O) groups excluding carboxylic acids is 1. The smallest absolute Gasteiger partial charge is 0.255 e. The highest BCUT2D eigenvalue weighted by molar-refractivity contribution is 6.05. The first-order valence-electron chi connectivity index (χ1n) is 8.64. The van der Waals surface area contributed by atoms with Gasteiger partial charge in [0, 0.05) is 38.4 Å². The molecule has 1 amide bonds. The van der Waals surface area contributed by atoms with Gasteiger partial charge in [0.05, 0.1) is 17.1 Å². The third-order valence-corrected chi connectivity index (χ3v) is 4.51. The van der Waals surface area contributed by atoms with Crippen molar-refractivity contribution in [1.29, 1.82) is 0 Å². The SMILES string of the molecule is Cc1nc(N2CCCC2)nc(C)c1NC(=O)c1cccc(N(C)C)c1. The van der Waals surface area contributed by atoms with Crippen LogP contribution in [0.25, 0.3) is 0 Å². The highest BCUT2D eigenvalue weighted by Crippen LogP contribution is 2.24. The lowest BCUT2D eigenvalue weighted by Crippen LogP contribution is -2.22. The fourth-order valence-corrected chi connectivity index (χ4v) is 3.05. The van der Waals surface area contributed by atoms with Crippen molar-refractivity contribution >= 4 is 23.2 Å². The molecule has 6 nitrogen and oxygen atoms in total. The van der Waals surface area contributed by atoms with Crippen molar-refractivity contribution in [3.8, 4) is 0 Å². The Hall–Kier alpha value is -2.63. The first-order chi connectivity index (χ1) is 12.0. The number of benzene rings is 1. The molecule has 0 spiro atoms. The maximum atomic E-state index is 12.6. The second-order valence-corrected chi connectivity index (χ2v) is 6.66. The van der Waals surface area contributed by atoms with Crippen molar-refractivity contribution in [2.75, 3.05) is 42.3 Å². The summed E-state index contributed by atoms with van der Waals surface area (Å²) in [5, 5.41) is 2.98. The van der Waals surface area contributed by atoms with Crippen LogP contribution in [-0.4, -0.2) is 43.1 Å². The van der Waals surface area contributed by atoms with Crippen molar-refractivity contribution in [2.24, 2.45) is 0 Å². The first-order valence-corrected chi connectivity index (χ1v) is 8.64. The minimum atomic E-state index is -0.146. The van der Waals surface area contributed by atoms with E-state index < -0.39 is 0 Å². The highest BCUT2D eigenvalue weighted by Gasteiger charge is 2.19. The van der Waals surface area contributed by atoms with Crippen LogP contribution in [0.15, 0.2) is 24.3 Å². The Morgan fingerprint density at radius 2 is 1.76 bits per heavy atom. The molecule has 25 heavy (non-hydrogen) atoms. The Morgan fingerprint density at radius 1 is 1.12 bits per heavy atom. The molecule has 132 valence electrons. The first kappa shape index (κ1) is 17.2. The van der Waals surface area contributed by atoms with Crippen LogP contribution in [0.5, 0.6) is 0 Å². The van der Waals surface area contributed by atoms with Crippen LogP contribution in [0.2, 0.25) is 0 Å². The zero-order valence-electron chi connectivity index (χ0n) is 15.3. The van der Waals surface area contributed by atoms with Gasteiger partial charge in [0.1, 0.15) is 0 Å². The number of hydrogen-bond acceptors (Lipinski definition) is 5. The molecule has 2 heterocycles. The standard InChI is InChI=1S/C19H25N5O/c1-13-17(14(2)21-19(20-13)24-10-5-6-11-24)22-18(25)15-8-7-9-16(12-15)23(3)4/h7-9,12H,5-6,10-11H2,1-4H3,(H,22,25). The number of aryl methyl sites for hydroxylation is 2. The minimum absolute atomic E-state index is 0.146. The topological polar surface area (TPSA) is 61.4 Å². The molecular weight excluding hydrogens is 314 g/mol. The molecule has 6 heteroatoms. The summed E-state index contributed by atoms with van der Waals surface area (Å²) in [5.41, 5.74) is 3.90. The number of hydrogen-bond donors (Lipinski definition) is 1. The van der Waals surface area contributed by atoms with E-state index in [1.165, 1.54) is 12.8 Å². The van der Waals surface area contributed by atoms with Gasteiger partial charge < -0.3 is 15.1 Å². The summed E-state index contributed by atoms with van der Waals surface area (Å²) in [5.74, 6) is 0.618. The van der Waals surface area contributed by atoms with Gasteiger partial charge in [-0.05, 0) is 44.9 Å². The van der Waals surface area contributed by atoms with E-state index in [9.17, 15) is 4.79 Å². The molecule has 0 radical (unpaired) electrons. The van der Waals surface area contributed by atoms with Gasteiger partial charge >= 0.3 is 0 Å². The summed E-state index contributed by atoms with van der Waals surface area (Å²) < 4.78 is 0. The summed E-state index contributed by atoms with van der Waals surface area (Å²) >= 11 is 0. The lowest BCUT2D eigenvalue weighted by atomic mass is 10.1. The van der Waals surface area contributed by atoms with Crippen LogP contribution in [0.3, 0.4) is 0 Å². The van der Waals surface area contributed by atoms with E-state index in [4.69, 9.17) is 0 Å². The predicted molar refractivity (Wildman–Crippen MR) is 102 cm³/mol. The third-order valence-electron chi connectivity index (χ3n) is 4.51. The van der Waals surface area contributed by atoms with E-state index in [0.717, 1.165) is 36.1 Å². The van der Waals surface area contributed by atoms with Gasteiger partial charge in [0.25, 0.3) is 5.91 Å². The molecule has 3 rings (SSSR count). The summed E-state index contributed by atoms with van der Waals surface area (Å²) in [7, 11) is 3.91. The largest absolute Gasteiger partial charge is 0.378 e. The average molecular weight is 339 g/mol. The van der Waals surface area contributed by atoms with Gasteiger partial charge in [-0.3, -0.25) is 4.79 Å². The summed E-state index contributed by atoms with van der Waals surface area (Å²) in [4.78, 5) is 26.0. The molecule has 0 unspecified atom stereocenters. The molecule has 1 aliphatic rings. The second kappa shape index (κ2) is 7.09. The number of carbonyl (C=O) groups is 1. The van der Waals surface area contributed by atoms with Crippen molar-refractivity contribution in [2.45, 2.75) is 26.7 Å². The Morgan fingerprint density at radius 3 is 2.36 bits per heavy atom. The fraction of sp³-hybridized carbons (Fsp3) is 0.421. The predicted octanol–water partition coefficient (Wildman–Crippen LogP) is 3.01. The van der Waals surface area contributed by atoms with Gasteiger partial charge in [-0.1, -0.05) is 6.07 Å². The number of amides is 1. The molecular formula is C19H25N5O. The zero-order valence-corrected chi connectivity index (χ0v) is 15.3. The molecule has 0 aliphatic carbocycles. The lowest BCUT2D eigenvalue weighted by Gasteiger charge is -2.19. The second-order valence-electron chi connectivity index (χ2n) is 6.66. The van der Waals surface area contributed by atoms with Crippen LogP contribution in [0, 0.1) is 13.8 Å². The van der Waals surface area contributed by atoms with Gasteiger partial charge in [0.15, 0.2) is 0 Å². The third kappa shape index (κ3) is 3.73. The van der Waals surface area contributed by atoms with E-state index in [2.05, 4.69) is 20.2 Å². The van der Waals surface area contributed by atoms with Gasteiger partial charge in [0.2, 0.25) is 5.95 Å². The van der Waals surface area contributed by atoms with Gasteiger partial charge in [-0.15, -0.1) is 0 Å². The quantitative estimate of drug-likeness (QED) is 0.928. The molecule has 2 aromatic rings. The monoisotopic (exact) mass is 339 g/mol. The van der Waals surface area contributed by atoms with Crippen LogP contribution in [0.4, 0.5) is 17.3 Å². The fourth-order valence-electron chi connectivity index (χ4n) is 3.05. The molecule has 1 aromatic heterocycles. The Bertz CT molecular complexity index is 758. The lowest BCUT2D eigenvalue weighted by molar-refractivity contribution is 0.102. The Kier molecular flexibility index (Phi) is 4.88. The van der Waals surface area contributed by atoms with E-state index in [1.807, 2.05) is 57.1 Å². The Balaban J connectivity index is 1.82. The molecule has 1 fully saturated rings. The molecule has 0 saturated carbocycles. The average Bonchev–Trinajstić information content (AvgIpc) is 3.12. The molecule has 1 N–H and O–H groups in total. The van der Waals surface area contributed by atoms with Crippen LogP contribution >= 0.6 is 0 Å². The maximum Gasteiger partial charge on any atom is 0.255 e. The zero-order chi connectivity index (χ0) is 18.0. The number of aromatic nitrogens is 2. The number of nitrogens with zero attached hydrogens (tertiary/aromatic N) is 4. The molecule has 1 aliphatic heterocycles. The van der Waals surface area contributed by atoms with Crippen molar-refractivity contribution in [1.82, 2.24) is 9.97 Å². The summed E-state index contributed by atoms with van der Waals surface area (Å²) in [6.45, 7) is 5.84. The van der Waals surface area contributed by atoms with Crippen LogP contribution in [-0.2, 0) is 0 Å². The van der Waals surface area contributed by atoms with Crippen LogP contribution < -0.4 is 15.1 Å². The van der Waals surface area contributed by atoms with Crippen molar-refractivity contribution in [3.63, 3.8) is 0 Å². The molecule has 1 saturated heterocycles. The highest BCUT2D eigenvalue weighted by atomic mass is 16.1. The number of nitrogens with one attached hydrogen (secondary N) is 1. The maximum absolute atomic E-state index is 12.6. The number of anilines is 3. The van der Waals surface area contributed by atoms with E-state index in [0.29, 0.717) is 11.3 Å². The van der Waals surface area contributed by atoms with Gasteiger partial charge in [-0.25, -0.2) is 9.97 Å². The van der Waals surface area contributed by atoms with E-state index >= 15 is 0 Å². The summed E-state index contributed by atoms with van der Waals surface area (Å²) in [6.07, 6.45) is 2.37. The number of rotatable bonds is 4. The summed E-state index contributed by atoms with van der Waals surface area (Å²) in [6, 6.07) is 7.55. The van der Waals surface area contributed by atoms with Crippen molar-refractivity contribution in [3.05, 3.63) is 41.2 Å². The van der Waals surface area contributed by atoms with Gasteiger partial charge in [-0.2, -0.15) is 0 Å². The Labute approximate surface area is 148 Å². The normalized spacial score (nSPS) is 13.8. The molecule has 0 atom stereocenters. The van der Waals surface area contributed by atoms with Crippen molar-refractivity contribution < 1.29 is 4.79 Å². The van der Waals surface area contributed by atoms with E-state index in [1.54, 1.807) is 0 Å². The molecule has 1 aromatic carbocycles. The minimum Gasteiger partial charge on any atom is -0.378 e.